The molecule has 7 nitrogen and oxygen atoms in total. The van der Waals surface area contributed by atoms with Gasteiger partial charge in [0.1, 0.15) is 11.2 Å². The summed E-state index contributed by atoms with van der Waals surface area (Å²) in [5.41, 5.74) is 0.476. The maximum absolute atomic E-state index is 12.5. The molecule has 2 aromatic rings. The second-order valence-electron chi connectivity index (χ2n) is 7.61. The number of nitrogens with zero attached hydrogens (tertiary/aromatic N) is 3. The molecule has 0 saturated carbocycles. The fraction of sp³-hybridized carbons (Fsp3) is 0.526. The third kappa shape index (κ3) is 3.88. The zero-order chi connectivity index (χ0) is 18.9. The van der Waals surface area contributed by atoms with Crippen LogP contribution in [0.2, 0.25) is 0 Å². The number of piperidine rings is 1. The maximum atomic E-state index is 12.5. The van der Waals surface area contributed by atoms with E-state index in [0.29, 0.717) is 37.3 Å². The molecule has 0 unspecified atom stereocenters. The Bertz CT molecular complexity index is 861. The van der Waals surface area contributed by atoms with Crippen LogP contribution in [0.5, 0.6) is 0 Å². The average molecular weight is 359 g/mol. The van der Waals surface area contributed by atoms with Gasteiger partial charge < -0.3 is 14.7 Å². The maximum Gasteiger partial charge on any atom is 0.410 e. The highest BCUT2D eigenvalue weighted by Crippen LogP contribution is 2.25. The van der Waals surface area contributed by atoms with Crippen molar-refractivity contribution in [3.8, 4) is 0 Å². The number of fused-ring (bicyclic) bond motifs is 1. The zero-order valence-corrected chi connectivity index (χ0v) is 15.4. The molecule has 0 aromatic carbocycles. The Morgan fingerprint density at radius 3 is 2.50 bits per heavy atom. The lowest BCUT2D eigenvalue weighted by molar-refractivity contribution is 0.0188. The Morgan fingerprint density at radius 1 is 1.23 bits per heavy atom. The molecule has 3 rings (SSSR count). The highest BCUT2D eigenvalue weighted by molar-refractivity contribution is 5.75. The van der Waals surface area contributed by atoms with Gasteiger partial charge in [0.25, 0.3) is 5.56 Å². The number of hydrogen-bond donors (Lipinski definition) is 1. The third-order valence-electron chi connectivity index (χ3n) is 4.48. The number of aliphatic hydroxyl groups excluding tert-OH is 1. The Hall–Kier alpha value is -2.41. The van der Waals surface area contributed by atoms with Gasteiger partial charge in [-0.15, -0.1) is 0 Å². The lowest BCUT2D eigenvalue weighted by atomic mass is 10.0. The fourth-order valence-corrected chi connectivity index (χ4v) is 3.24. The summed E-state index contributed by atoms with van der Waals surface area (Å²) in [7, 11) is 0. The van der Waals surface area contributed by atoms with Crippen LogP contribution in [-0.2, 0) is 11.3 Å². The topological polar surface area (TPSA) is 84.7 Å². The van der Waals surface area contributed by atoms with E-state index in [2.05, 4.69) is 4.98 Å². The number of likely N-dealkylation sites (tertiary alicyclic amines) is 1. The first kappa shape index (κ1) is 18.4. The van der Waals surface area contributed by atoms with Crippen molar-refractivity contribution in [2.45, 2.75) is 51.9 Å². The largest absolute Gasteiger partial charge is 0.444 e. The molecule has 140 valence electrons. The van der Waals surface area contributed by atoms with E-state index in [0.717, 1.165) is 5.39 Å². The van der Waals surface area contributed by atoms with Gasteiger partial charge in [-0.25, -0.2) is 9.78 Å². The van der Waals surface area contributed by atoms with E-state index in [4.69, 9.17) is 4.74 Å². The first-order chi connectivity index (χ1) is 12.3. The number of rotatable bonds is 2. The van der Waals surface area contributed by atoms with Crippen molar-refractivity contribution in [1.82, 2.24) is 14.5 Å². The quantitative estimate of drug-likeness (QED) is 0.890. The first-order valence-corrected chi connectivity index (χ1v) is 8.88. The number of aromatic nitrogens is 2. The molecule has 0 atom stereocenters. The minimum Gasteiger partial charge on any atom is -0.444 e. The summed E-state index contributed by atoms with van der Waals surface area (Å²) >= 11 is 0. The van der Waals surface area contributed by atoms with Crippen LogP contribution in [-0.4, -0.2) is 44.3 Å². The molecule has 0 spiro atoms. The zero-order valence-electron chi connectivity index (χ0n) is 15.4. The van der Waals surface area contributed by atoms with Crippen molar-refractivity contribution in [3.05, 3.63) is 40.3 Å². The van der Waals surface area contributed by atoms with Gasteiger partial charge in [0, 0.05) is 30.6 Å². The summed E-state index contributed by atoms with van der Waals surface area (Å²) in [4.78, 5) is 30.8. The molecule has 1 fully saturated rings. The van der Waals surface area contributed by atoms with E-state index in [9.17, 15) is 14.7 Å². The van der Waals surface area contributed by atoms with Gasteiger partial charge in [-0.05, 0) is 51.8 Å². The van der Waals surface area contributed by atoms with E-state index in [1.54, 1.807) is 27.7 Å². The van der Waals surface area contributed by atoms with Crippen LogP contribution < -0.4 is 5.56 Å². The van der Waals surface area contributed by atoms with Gasteiger partial charge in [-0.1, -0.05) is 0 Å². The van der Waals surface area contributed by atoms with Gasteiger partial charge in [-0.3, -0.25) is 9.36 Å². The highest BCUT2D eigenvalue weighted by atomic mass is 16.6. The molecule has 0 aliphatic carbocycles. The molecule has 0 radical (unpaired) electrons. The summed E-state index contributed by atoms with van der Waals surface area (Å²) in [5.74, 6) is 0. The molecule has 0 bridgehead atoms. The molecular weight excluding hydrogens is 334 g/mol. The molecule has 3 heterocycles. The number of pyridine rings is 2. The number of aliphatic hydroxyl groups is 1. The third-order valence-corrected chi connectivity index (χ3v) is 4.48. The van der Waals surface area contributed by atoms with Crippen LogP contribution in [0.4, 0.5) is 4.79 Å². The second-order valence-corrected chi connectivity index (χ2v) is 7.61. The van der Waals surface area contributed by atoms with Gasteiger partial charge in [0.15, 0.2) is 0 Å². The predicted molar refractivity (Wildman–Crippen MR) is 98.0 cm³/mol. The lowest BCUT2D eigenvalue weighted by Gasteiger charge is -2.34. The van der Waals surface area contributed by atoms with E-state index in [-0.39, 0.29) is 24.3 Å². The van der Waals surface area contributed by atoms with E-state index in [1.807, 2.05) is 26.8 Å². The molecule has 1 aliphatic heterocycles. The summed E-state index contributed by atoms with van der Waals surface area (Å²) in [5, 5.41) is 10.2. The van der Waals surface area contributed by atoms with E-state index < -0.39 is 5.60 Å². The molecule has 7 heteroatoms. The second kappa shape index (κ2) is 7.07. The van der Waals surface area contributed by atoms with Crippen LogP contribution in [0.25, 0.3) is 11.0 Å². The smallest absolute Gasteiger partial charge is 0.410 e. The number of amides is 1. The van der Waals surface area contributed by atoms with Gasteiger partial charge in [0.2, 0.25) is 0 Å². The van der Waals surface area contributed by atoms with Crippen LogP contribution in [0.15, 0.2) is 29.1 Å². The molecule has 1 saturated heterocycles. The Labute approximate surface area is 152 Å². The number of carbonyl (C=O) groups is 1. The van der Waals surface area contributed by atoms with Gasteiger partial charge >= 0.3 is 6.09 Å². The highest BCUT2D eigenvalue weighted by Gasteiger charge is 2.28. The summed E-state index contributed by atoms with van der Waals surface area (Å²) in [6.45, 7) is 6.42. The summed E-state index contributed by atoms with van der Waals surface area (Å²) in [6.07, 6.45) is 0.994. The van der Waals surface area contributed by atoms with E-state index in [1.165, 1.54) is 0 Å². The Kier molecular flexibility index (Phi) is 5.00. The minimum atomic E-state index is -0.523. The molecule has 1 N–H and O–H groups in total. The van der Waals surface area contributed by atoms with Crippen molar-refractivity contribution in [2.75, 3.05) is 13.1 Å². The molecule has 26 heavy (non-hydrogen) atoms. The fourth-order valence-electron chi connectivity index (χ4n) is 3.24. The van der Waals surface area contributed by atoms with Crippen molar-refractivity contribution >= 4 is 17.1 Å². The van der Waals surface area contributed by atoms with Crippen LogP contribution in [0.3, 0.4) is 0 Å². The van der Waals surface area contributed by atoms with Crippen molar-refractivity contribution < 1.29 is 14.6 Å². The monoisotopic (exact) mass is 359 g/mol. The number of hydrogen-bond acceptors (Lipinski definition) is 5. The van der Waals surface area contributed by atoms with Crippen LogP contribution in [0.1, 0.15) is 45.3 Å². The standard InChI is InChI=1S/C19H25N3O4/c1-19(2,3)26-18(25)21-10-8-15(9-11-21)22-16(24)7-5-13-4-6-14(12-23)20-17(13)22/h4-7,15,23H,8-12H2,1-3H3. The normalized spacial score (nSPS) is 16.1. The van der Waals surface area contributed by atoms with Gasteiger partial charge in [-0.2, -0.15) is 0 Å². The van der Waals surface area contributed by atoms with Gasteiger partial charge in [0.05, 0.1) is 12.3 Å². The molecular formula is C19H25N3O4. The minimum absolute atomic E-state index is 0.0358. The SMILES string of the molecule is CC(C)(C)OC(=O)N1CCC(n2c(=O)ccc3ccc(CO)nc32)CC1. The predicted octanol–water partition coefficient (Wildman–Crippen LogP) is 2.46. The Morgan fingerprint density at radius 2 is 1.88 bits per heavy atom. The molecule has 1 aliphatic rings. The summed E-state index contributed by atoms with van der Waals surface area (Å²) < 4.78 is 7.12. The Balaban J connectivity index is 1.82. The van der Waals surface area contributed by atoms with Crippen molar-refractivity contribution in [1.29, 1.82) is 0 Å². The average Bonchev–Trinajstić information content (AvgIpc) is 2.60. The van der Waals surface area contributed by atoms with Crippen molar-refractivity contribution in [3.63, 3.8) is 0 Å². The molecule has 2 aromatic heterocycles. The van der Waals surface area contributed by atoms with E-state index >= 15 is 0 Å². The number of ether oxygens (including phenoxy) is 1. The van der Waals surface area contributed by atoms with Crippen LogP contribution in [0, 0.1) is 0 Å². The lowest BCUT2D eigenvalue weighted by Crippen LogP contribution is -2.43. The van der Waals surface area contributed by atoms with Crippen molar-refractivity contribution in [2.24, 2.45) is 0 Å². The number of carbonyl (C=O) groups excluding carboxylic acids is 1. The first-order valence-electron chi connectivity index (χ1n) is 8.88. The molecule has 1 amide bonds. The van der Waals surface area contributed by atoms with Crippen LogP contribution >= 0.6 is 0 Å². The summed E-state index contributed by atoms with van der Waals surface area (Å²) in [6, 6.07) is 6.87.